The van der Waals surface area contributed by atoms with Crippen LogP contribution in [0.15, 0.2) is 101 Å². The van der Waals surface area contributed by atoms with Gasteiger partial charge in [-0.2, -0.15) is 0 Å². The molecule has 4 nitrogen and oxygen atoms in total. The molecule has 0 heterocycles. The van der Waals surface area contributed by atoms with E-state index in [2.05, 4.69) is 62.0 Å². The van der Waals surface area contributed by atoms with Gasteiger partial charge in [0.2, 0.25) is 0 Å². The Bertz CT molecular complexity index is 1330. The number of carbonyl (C=O) groups excluding carboxylic acids is 1. The number of hydrogen-bond acceptors (Lipinski definition) is 5. The second-order valence-electron chi connectivity index (χ2n) is 8.77. The van der Waals surface area contributed by atoms with Crippen molar-refractivity contribution < 1.29 is 19.0 Å². The van der Waals surface area contributed by atoms with E-state index < -0.39 is 12.1 Å². The van der Waals surface area contributed by atoms with Gasteiger partial charge in [-0.25, -0.2) is 4.79 Å². The maximum Gasteiger partial charge on any atom is 0.333 e. The van der Waals surface area contributed by atoms with Crippen molar-refractivity contribution in [1.29, 1.82) is 0 Å². The maximum absolute atomic E-state index is 12.3. The van der Waals surface area contributed by atoms with Gasteiger partial charge >= 0.3 is 5.97 Å². The predicted octanol–water partition coefficient (Wildman–Crippen LogP) is 7.83. The lowest BCUT2D eigenvalue weighted by Crippen LogP contribution is -2.30. The van der Waals surface area contributed by atoms with Crippen LogP contribution in [-0.2, 0) is 14.3 Å². The summed E-state index contributed by atoms with van der Waals surface area (Å²) in [7, 11) is 0. The smallest absolute Gasteiger partial charge is 0.333 e. The molecule has 0 aliphatic rings. The topological polar surface area (TPSA) is 44.8 Å². The molecule has 4 aromatic rings. The second kappa shape index (κ2) is 12.6. The lowest BCUT2D eigenvalue weighted by atomic mass is 10.0. The molecule has 0 spiro atoms. The molecular formula is C31H32O4S. The van der Waals surface area contributed by atoms with E-state index in [4.69, 9.17) is 14.2 Å². The zero-order valence-corrected chi connectivity index (χ0v) is 21.7. The number of hydrogen-bond donors (Lipinski definition) is 0. The first-order chi connectivity index (χ1) is 17.5. The molecule has 0 aliphatic carbocycles. The molecule has 0 N–H and O–H groups in total. The Labute approximate surface area is 217 Å². The first-order valence-electron chi connectivity index (χ1n) is 12.3. The largest absolute Gasteiger partial charge is 0.488 e. The molecule has 4 aromatic carbocycles. The standard InChI is InChI=1S/C31H32O4S/c1-4-5-17-33-20-25(35-31(32)22(2)3)21-34-30-28-14-10-9-11-23(28)18-24-15-16-27(19-29(24)30)36-26-12-7-6-8-13-26/h6-16,18-19,25H,2,4-5,17,20-21H2,1,3H3. The Hall–Kier alpha value is -3.28. The van der Waals surface area contributed by atoms with Gasteiger partial charge in [0.15, 0.2) is 6.10 Å². The molecule has 0 aromatic heterocycles. The number of rotatable bonds is 12. The van der Waals surface area contributed by atoms with Crippen LogP contribution in [0.3, 0.4) is 0 Å². The van der Waals surface area contributed by atoms with E-state index in [0.717, 1.165) is 45.0 Å². The minimum atomic E-state index is -0.540. The highest BCUT2D eigenvalue weighted by Crippen LogP contribution is 2.38. The number of fused-ring (bicyclic) bond motifs is 2. The van der Waals surface area contributed by atoms with Crippen LogP contribution < -0.4 is 4.74 Å². The fourth-order valence-corrected chi connectivity index (χ4v) is 4.73. The molecule has 5 heteroatoms. The van der Waals surface area contributed by atoms with Gasteiger partial charge in [-0.3, -0.25) is 0 Å². The number of benzene rings is 4. The van der Waals surface area contributed by atoms with Crippen molar-refractivity contribution in [2.75, 3.05) is 19.8 Å². The predicted molar refractivity (Wildman–Crippen MR) is 148 cm³/mol. The van der Waals surface area contributed by atoms with Gasteiger partial charge in [-0.15, -0.1) is 0 Å². The van der Waals surface area contributed by atoms with Crippen molar-refractivity contribution in [3.63, 3.8) is 0 Å². The average Bonchev–Trinajstić information content (AvgIpc) is 2.89. The fourth-order valence-electron chi connectivity index (χ4n) is 3.85. The number of esters is 1. The third kappa shape index (κ3) is 6.68. The summed E-state index contributed by atoms with van der Waals surface area (Å²) in [5.74, 6) is 0.343. The van der Waals surface area contributed by atoms with Crippen LogP contribution >= 0.6 is 11.8 Å². The first kappa shape index (κ1) is 25.8. The van der Waals surface area contributed by atoms with Gasteiger partial charge in [0.05, 0.1) is 6.61 Å². The first-order valence-corrected chi connectivity index (χ1v) is 13.1. The summed E-state index contributed by atoms with van der Waals surface area (Å²) in [6.07, 6.45) is 1.46. The van der Waals surface area contributed by atoms with Crippen LogP contribution in [0.2, 0.25) is 0 Å². The van der Waals surface area contributed by atoms with Crippen LogP contribution in [0.25, 0.3) is 21.5 Å². The highest BCUT2D eigenvalue weighted by atomic mass is 32.2. The Balaban J connectivity index is 1.65. The molecule has 0 amide bonds. The van der Waals surface area contributed by atoms with E-state index >= 15 is 0 Å². The molecule has 0 saturated carbocycles. The molecule has 0 aliphatic heterocycles. The van der Waals surface area contributed by atoms with Crippen LogP contribution in [0.4, 0.5) is 0 Å². The maximum atomic E-state index is 12.3. The van der Waals surface area contributed by atoms with Crippen molar-refractivity contribution in [3.05, 3.63) is 91.0 Å². The van der Waals surface area contributed by atoms with E-state index in [0.29, 0.717) is 12.2 Å². The van der Waals surface area contributed by atoms with Crippen molar-refractivity contribution >= 4 is 39.3 Å². The molecule has 1 unspecified atom stereocenters. The van der Waals surface area contributed by atoms with E-state index in [9.17, 15) is 4.79 Å². The van der Waals surface area contributed by atoms with Crippen molar-refractivity contribution in [3.8, 4) is 5.75 Å². The van der Waals surface area contributed by atoms with Gasteiger partial charge in [0.25, 0.3) is 0 Å². The number of ether oxygens (including phenoxy) is 3. The zero-order valence-electron chi connectivity index (χ0n) is 20.9. The van der Waals surface area contributed by atoms with Gasteiger partial charge in [-0.05, 0) is 54.4 Å². The summed E-state index contributed by atoms with van der Waals surface area (Å²) in [5.41, 5.74) is 0.353. The quantitative estimate of drug-likeness (QED) is 0.0858. The SMILES string of the molecule is C=C(C)C(=O)OC(COCCCC)COc1c2ccccc2cc2ccc(Sc3ccccc3)cc12. The molecule has 36 heavy (non-hydrogen) atoms. The van der Waals surface area contributed by atoms with Gasteiger partial charge in [0.1, 0.15) is 12.4 Å². The summed E-state index contributed by atoms with van der Waals surface area (Å²) in [6, 6.07) is 27.1. The third-order valence-corrected chi connectivity index (χ3v) is 6.74. The van der Waals surface area contributed by atoms with Crippen molar-refractivity contribution in [2.45, 2.75) is 42.6 Å². The van der Waals surface area contributed by atoms with E-state index in [1.165, 1.54) is 4.90 Å². The number of unbranched alkanes of at least 4 members (excludes halogenated alkanes) is 1. The van der Waals surface area contributed by atoms with Crippen LogP contribution in [0, 0.1) is 0 Å². The minimum Gasteiger partial charge on any atom is -0.488 e. The fraction of sp³-hybridized carbons (Fsp3) is 0.258. The summed E-state index contributed by atoms with van der Waals surface area (Å²) in [6.45, 7) is 8.54. The lowest BCUT2D eigenvalue weighted by molar-refractivity contribution is -0.149. The normalized spacial score (nSPS) is 11.9. The van der Waals surface area contributed by atoms with Gasteiger partial charge < -0.3 is 14.2 Å². The Morgan fingerprint density at radius 1 is 0.889 bits per heavy atom. The number of carbonyl (C=O) groups is 1. The minimum absolute atomic E-state index is 0.185. The summed E-state index contributed by atoms with van der Waals surface area (Å²) in [5, 5.41) is 4.23. The second-order valence-corrected chi connectivity index (χ2v) is 9.92. The Morgan fingerprint density at radius 3 is 2.42 bits per heavy atom. The van der Waals surface area contributed by atoms with E-state index in [-0.39, 0.29) is 13.2 Å². The van der Waals surface area contributed by atoms with Gasteiger partial charge in [-0.1, -0.05) is 80.2 Å². The van der Waals surface area contributed by atoms with Crippen LogP contribution in [0.1, 0.15) is 26.7 Å². The highest BCUT2D eigenvalue weighted by molar-refractivity contribution is 7.99. The highest BCUT2D eigenvalue weighted by Gasteiger charge is 2.18. The van der Waals surface area contributed by atoms with Crippen LogP contribution in [0.5, 0.6) is 5.75 Å². The molecule has 1 atom stereocenters. The van der Waals surface area contributed by atoms with Gasteiger partial charge in [0, 0.05) is 32.7 Å². The summed E-state index contributed by atoms with van der Waals surface area (Å²) >= 11 is 1.71. The van der Waals surface area contributed by atoms with Crippen LogP contribution in [-0.4, -0.2) is 31.9 Å². The molecule has 0 bridgehead atoms. The monoisotopic (exact) mass is 500 g/mol. The summed E-state index contributed by atoms with van der Waals surface area (Å²) in [4.78, 5) is 14.6. The summed E-state index contributed by atoms with van der Waals surface area (Å²) < 4.78 is 17.9. The Kier molecular flexibility index (Phi) is 9.04. The lowest BCUT2D eigenvalue weighted by Gasteiger charge is -2.20. The van der Waals surface area contributed by atoms with E-state index in [1.807, 2.05) is 30.3 Å². The molecule has 0 fully saturated rings. The average molecular weight is 501 g/mol. The molecule has 4 rings (SSSR count). The molecule has 0 radical (unpaired) electrons. The molecule has 0 saturated heterocycles. The third-order valence-electron chi connectivity index (χ3n) is 5.75. The van der Waals surface area contributed by atoms with Crippen molar-refractivity contribution in [2.24, 2.45) is 0 Å². The van der Waals surface area contributed by atoms with E-state index in [1.54, 1.807) is 18.7 Å². The zero-order chi connectivity index (χ0) is 25.3. The Morgan fingerprint density at radius 2 is 1.64 bits per heavy atom. The molecule has 186 valence electrons. The van der Waals surface area contributed by atoms with Crippen molar-refractivity contribution in [1.82, 2.24) is 0 Å². The molecular weight excluding hydrogens is 468 g/mol.